The highest BCUT2D eigenvalue weighted by molar-refractivity contribution is 5.46. The average molecular weight is 789 g/mol. The largest absolute Gasteiger partial charge is 0.0842 e. The van der Waals surface area contributed by atoms with Crippen molar-refractivity contribution in [3.63, 3.8) is 0 Å². The van der Waals surface area contributed by atoms with E-state index in [4.69, 9.17) is 0 Å². The second-order valence-corrected chi connectivity index (χ2v) is 20.1. The summed E-state index contributed by atoms with van der Waals surface area (Å²) in [5.74, 6) is 5.30. The van der Waals surface area contributed by atoms with Crippen molar-refractivity contribution in [2.75, 3.05) is 0 Å². The molecule has 0 heteroatoms. The zero-order chi connectivity index (χ0) is 40.3. The van der Waals surface area contributed by atoms with E-state index in [-0.39, 0.29) is 0 Å². The van der Waals surface area contributed by atoms with Gasteiger partial charge in [0.1, 0.15) is 0 Å². The van der Waals surface area contributed by atoms with Crippen molar-refractivity contribution in [3.8, 4) is 0 Å². The Morgan fingerprint density at radius 1 is 0.583 bits per heavy atom. The second kappa shape index (κ2) is 18.3. The third-order valence-corrected chi connectivity index (χ3v) is 16.2. The van der Waals surface area contributed by atoms with Crippen molar-refractivity contribution >= 4 is 0 Å². The van der Waals surface area contributed by atoms with Crippen LogP contribution in [0.15, 0.2) is 201 Å². The molecule has 60 heavy (non-hydrogen) atoms. The summed E-state index contributed by atoms with van der Waals surface area (Å²) in [6.45, 7) is 2.41. The molecule has 0 heterocycles. The van der Waals surface area contributed by atoms with Crippen LogP contribution in [0.25, 0.3) is 0 Å². The fourth-order valence-corrected chi connectivity index (χ4v) is 12.5. The van der Waals surface area contributed by atoms with E-state index in [9.17, 15) is 0 Å². The minimum Gasteiger partial charge on any atom is -0.0842 e. The van der Waals surface area contributed by atoms with E-state index in [1.807, 2.05) is 0 Å². The Balaban J connectivity index is 0.831. The molecule has 0 spiro atoms. The van der Waals surface area contributed by atoms with Crippen LogP contribution in [-0.2, 0) is 0 Å². The van der Waals surface area contributed by atoms with Crippen molar-refractivity contribution in [2.45, 2.75) is 116 Å². The number of hydrogen-bond acceptors (Lipinski definition) is 0. The first-order chi connectivity index (χ1) is 29.6. The van der Waals surface area contributed by atoms with Gasteiger partial charge < -0.3 is 0 Å². The first kappa shape index (κ1) is 39.7. The molecule has 10 aliphatic rings. The molecule has 0 radical (unpaired) electrons. The van der Waals surface area contributed by atoms with E-state index in [1.165, 1.54) is 107 Å². The van der Waals surface area contributed by atoms with E-state index in [0.29, 0.717) is 35.5 Å². The fourth-order valence-electron chi connectivity index (χ4n) is 12.5. The van der Waals surface area contributed by atoms with E-state index in [2.05, 4.69) is 147 Å². The number of fused-ring (bicyclic) bond motifs is 4. The molecule has 308 valence electrons. The van der Waals surface area contributed by atoms with E-state index >= 15 is 0 Å². The van der Waals surface area contributed by atoms with Crippen LogP contribution in [-0.4, -0.2) is 0 Å². The lowest BCUT2D eigenvalue weighted by Crippen LogP contribution is -2.22. The highest BCUT2D eigenvalue weighted by Gasteiger charge is 2.32. The predicted molar refractivity (Wildman–Crippen MR) is 256 cm³/mol. The van der Waals surface area contributed by atoms with Crippen LogP contribution in [0.4, 0.5) is 0 Å². The number of rotatable bonds is 11. The van der Waals surface area contributed by atoms with Gasteiger partial charge in [-0.3, -0.25) is 0 Å². The molecule has 0 nitrogen and oxygen atoms in total. The molecule has 0 fully saturated rings. The van der Waals surface area contributed by atoms with Crippen molar-refractivity contribution < 1.29 is 0 Å². The summed E-state index contributed by atoms with van der Waals surface area (Å²) in [6, 6.07) is 0. The molecule has 10 rings (SSSR count). The van der Waals surface area contributed by atoms with Crippen molar-refractivity contribution in [1.82, 2.24) is 0 Å². The van der Waals surface area contributed by atoms with Crippen LogP contribution in [0.2, 0.25) is 0 Å². The first-order valence-electron chi connectivity index (χ1n) is 24.3. The Bertz CT molecular complexity index is 2240. The zero-order valence-corrected chi connectivity index (χ0v) is 36.4. The number of hydrogen-bond donors (Lipinski definition) is 0. The van der Waals surface area contributed by atoms with Crippen molar-refractivity contribution in [2.24, 2.45) is 47.3 Å². The Labute approximate surface area is 362 Å². The summed E-state index contributed by atoms with van der Waals surface area (Å²) in [5.41, 5.74) is 17.4. The molecule has 0 aromatic rings. The summed E-state index contributed by atoms with van der Waals surface area (Å²) < 4.78 is 0. The normalized spacial score (nSPS) is 31.6. The van der Waals surface area contributed by atoms with Gasteiger partial charge in [-0.2, -0.15) is 0 Å². The Morgan fingerprint density at radius 3 is 1.98 bits per heavy atom. The third kappa shape index (κ3) is 9.10. The SMILES string of the molecule is CC1=CC2=CC=CCC2CC1CC(CC1=CC=C(C=CC2=CC=C(C(CC3C=CC4=CC=CCC4C3)C3=CCC4CCC=CC4=C3)CC2)CC1)C1=CCC2CCC=CC2=C1. The van der Waals surface area contributed by atoms with Gasteiger partial charge in [-0.15, -0.1) is 0 Å². The van der Waals surface area contributed by atoms with Gasteiger partial charge in [-0.05, 0) is 202 Å². The molecule has 0 amide bonds. The molecule has 0 bridgehead atoms. The Hall–Kier alpha value is -4.42. The zero-order valence-electron chi connectivity index (χ0n) is 36.4. The van der Waals surface area contributed by atoms with Crippen LogP contribution in [0.5, 0.6) is 0 Å². The standard InChI is InChI=1S/C60H68/c1-42-34-51-13-8-9-17-55(51)40-58(42)41-59(56-32-30-48-11-3-6-15-53(48)38-56)35-45-22-20-43(21-23-45)18-19-44-24-28-50(29-25-44)60(57-33-31-49-12-4-7-16-54(49)39-57)37-46-26-27-47-10-2-5-14-52(47)36-46/h2,5-10,13,15-16,18-20,22,24,26-28,32-34,38-39,46,48-49,52,55,58-60H,3-4,11-12,14,17,21,23,25,29-31,35-37,40-41H2,1H3. The summed E-state index contributed by atoms with van der Waals surface area (Å²) in [5, 5.41) is 0. The van der Waals surface area contributed by atoms with Gasteiger partial charge in [0.25, 0.3) is 0 Å². The van der Waals surface area contributed by atoms with Crippen LogP contribution in [0.3, 0.4) is 0 Å². The molecule has 0 N–H and O–H groups in total. The van der Waals surface area contributed by atoms with Gasteiger partial charge in [0.15, 0.2) is 0 Å². The van der Waals surface area contributed by atoms with Crippen molar-refractivity contribution in [1.29, 1.82) is 0 Å². The summed E-state index contributed by atoms with van der Waals surface area (Å²) >= 11 is 0. The molecule has 8 atom stereocenters. The highest BCUT2D eigenvalue weighted by atomic mass is 14.4. The van der Waals surface area contributed by atoms with Crippen LogP contribution in [0.1, 0.15) is 116 Å². The minimum absolute atomic E-state index is 0.515. The molecule has 0 aromatic carbocycles. The Kier molecular flexibility index (Phi) is 12.1. The van der Waals surface area contributed by atoms with E-state index < -0.39 is 0 Å². The van der Waals surface area contributed by atoms with Crippen LogP contribution < -0.4 is 0 Å². The lowest BCUT2D eigenvalue weighted by Gasteiger charge is -2.35. The average Bonchev–Trinajstić information content (AvgIpc) is 3.30. The van der Waals surface area contributed by atoms with E-state index in [1.54, 1.807) is 50.2 Å². The molecule has 10 aliphatic carbocycles. The van der Waals surface area contributed by atoms with E-state index in [0.717, 1.165) is 24.7 Å². The summed E-state index contributed by atoms with van der Waals surface area (Å²) in [4.78, 5) is 0. The summed E-state index contributed by atoms with van der Waals surface area (Å²) in [6.07, 6.45) is 77.4. The topological polar surface area (TPSA) is 0 Å². The van der Waals surface area contributed by atoms with Gasteiger partial charge in [-0.25, -0.2) is 0 Å². The second-order valence-electron chi connectivity index (χ2n) is 20.1. The predicted octanol–water partition coefficient (Wildman–Crippen LogP) is 16.2. The monoisotopic (exact) mass is 789 g/mol. The van der Waals surface area contributed by atoms with Gasteiger partial charge in [0.05, 0.1) is 0 Å². The lowest BCUT2D eigenvalue weighted by atomic mass is 9.70. The quantitative estimate of drug-likeness (QED) is 0.196. The number of allylic oxidation sites excluding steroid dienone is 34. The van der Waals surface area contributed by atoms with Crippen molar-refractivity contribution in [3.05, 3.63) is 201 Å². The maximum absolute atomic E-state index is 2.64. The molecule has 0 aliphatic heterocycles. The molecular formula is C60H68. The molecular weight excluding hydrogens is 721 g/mol. The molecule has 0 aromatic heterocycles. The third-order valence-electron chi connectivity index (χ3n) is 16.2. The molecule has 8 unspecified atom stereocenters. The molecule has 0 saturated heterocycles. The van der Waals surface area contributed by atoms with Gasteiger partial charge in [0, 0.05) is 5.92 Å². The minimum atomic E-state index is 0.515. The summed E-state index contributed by atoms with van der Waals surface area (Å²) in [7, 11) is 0. The van der Waals surface area contributed by atoms with Crippen LogP contribution in [0, 0.1) is 47.3 Å². The first-order valence-corrected chi connectivity index (χ1v) is 24.3. The highest BCUT2D eigenvalue weighted by Crippen LogP contribution is 2.46. The van der Waals surface area contributed by atoms with Gasteiger partial charge in [0.2, 0.25) is 0 Å². The lowest BCUT2D eigenvalue weighted by molar-refractivity contribution is 0.366. The smallest absolute Gasteiger partial charge is 0.00539 e. The fraction of sp³-hybridized carbons (Fsp3) is 0.433. The Morgan fingerprint density at radius 2 is 1.27 bits per heavy atom. The molecule has 0 saturated carbocycles. The van der Waals surface area contributed by atoms with Gasteiger partial charge in [-0.1, -0.05) is 156 Å². The maximum Gasteiger partial charge on any atom is 0.00539 e. The maximum atomic E-state index is 2.64. The van der Waals surface area contributed by atoms with Gasteiger partial charge >= 0.3 is 0 Å². The van der Waals surface area contributed by atoms with Crippen LogP contribution >= 0.6 is 0 Å².